The van der Waals surface area contributed by atoms with Gasteiger partial charge in [-0.05, 0) is 61.6 Å². The molecule has 1 aromatic heterocycles. The van der Waals surface area contributed by atoms with E-state index in [0.717, 1.165) is 16.8 Å². The first-order chi connectivity index (χ1) is 14.6. The number of carbonyl (C=O) groups is 1. The van der Waals surface area contributed by atoms with Crippen LogP contribution in [-0.2, 0) is 11.0 Å². The van der Waals surface area contributed by atoms with Gasteiger partial charge in [0.05, 0.1) is 11.1 Å². The van der Waals surface area contributed by atoms with E-state index in [1.807, 2.05) is 6.08 Å². The zero-order valence-corrected chi connectivity index (χ0v) is 16.7. The molecule has 0 saturated heterocycles. The normalized spacial score (nSPS) is 18.3. The third kappa shape index (κ3) is 5.78. The Balaban J connectivity index is 2.00. The minimum absolute atomic E-state index is 0.0154. The molecule has 0 radical (unpaired) electrons. The lowest BCUT2D eigenvalue weighted by Gasteiger charge is -2.09. The van der Waals surface area contributed by atoms with Crippen LogP contribution in [0.3, 0.4) is 0 Å². The maximum atomic E-state index is 14.1. The van der Waals surface area contributed by atoms with Crippen molar-refractivity contribution in [3.63, 3.8) is 0 Å². The van der Waals surface area contributed by atoms with Crippen LogP contribution in [-0.4, -0.2) is 20.7 Å². The third-order valence-corrected chi connectivity index (χ3v) is 4.52. The van der Waals surface area contributed by atoms with E-state index in [1.54, 1.807) is 19.1 Å². The largest absolute Gasteiger partial charge is 0.416 e. The monoisotopic (exact) mass is 432 g/mol. The predicted molar refractivity (Wildman–Crippen MR) is 109 cm³/mol. The van der Waals surface area contributed by atoms with Gasteiger partial charge in [-0.2, -0.15) is 13.2 Å². The van der Waals surface area contributed by atoms with Gasteiger partial charge in [0, 0.05) is 11.8 Å². The lowest BCUT2D eigenvalue weighted by molar-refractivity contribution is -0.137. The molecule has 1 aliphatic carbocycles. The maximum absolute atomic E-state index is 14.1. The standard InChI is InChI=1S/C22H20F4N4O/c1-14-8-16(10-17(9-14)22(24,25)26)21-28-13-30(29-21)12-19(20(27)31)15-6-4-2-3-5-7-18(23)11-15/h2,4,6,8-13H,3,5,7H2,1H3,(H2,27,31)/b4-2-,15-6+,18-11?,19-12+. The number of hydrogen-bond donors (Lipinski definition) is 1. The number of aromatic nitrogens is 3. The fraction of sp³-hybridized carbons (Fsp3) is 0.227. The maximum Gasteiger partial charge on any atom is 0.416 e. The average Bonchev–Trinajstić information content (AvgIpc) is 3.17. The van der Waals surface area contributed by atoms with Gasteiger partial charge >= 0.3 is 6.18 Å². The number of allylic oxidation sites excluding steroid dienone is 5. The number of nitrogens with zero attached hydrogens (tertiary/aromatic N) is 3. The van der Waals surface area contributed by atoms with Crippen molar-refractivity contribution in [3.8, 4) is 11.4 Å². The number of rotatable bonds is 4. The second-order valence-corrected chi connectivity index (χ2v) is 7.07. The van der Waals surface area contributed by atoms with Gasteiger partial charge in [-0.15, -0.1) is 5.10 Å². The van der Waals surface area contributed by atoms with Crippen LogP contribution >= 0.6 is 0 Å². The Hall–Kier alpha value is -3.49. The van der Waals surface area contributed by atoms with Crippen LogP contribution in [0, 0.1) is 6.92 Å². The zero-order valence-electron chi connectivity index (χ0n) is 16.7. The molecule has 2 N–H and O–H groups in total. The Morgan fingerprint density at radius 1 is 1.26 bits per heavy atom. The number of nitrogens with two attached hydrogens (primary N) is 1. The lowest BCUT2D eigenvalue weighted by atomic mass is 10.0. The highest BCUT2D eigenvalue weighted by atomic mass is 19.4. The van der Waals surface area contributed by atoms with Crippen molar-refractivity contribution >= 4 is 12.1 Å². The number of benzene rings is 1. The Kier molecular flexibility index (Phi) is 6.53. The second-order valence-electron chi connectivity index (χ2n) is 7.07. The number of aryl methyl sites for hydroxylation is 1. The Bertz CT molecular complexity index is 1110. The van der Waals surface area contributed by atoms with Crippen LogP contribution in [0.1, 0.15) is 30.4 Å². The summed E-state index contributed by atoms with van der Waals surface area (Å²) in [7, 11) is 0. The predicted octanol–water partition coefficient (Wildman–Crippen LogP) is 5.12. The highest BCUT2D eigenvalue weighted by molar-refractivity contribution is 6.00. The summed E-state index contributed by atoms with van der Waals surface area (Å²) in [5.41, 5.74) is 5.50. The number of amides is 1. The van der Waals surface area contributed by atoms with E-state index in [1.165, 1.54) is 24.7 Å². The molecule has 1 heterocycles. The van der Waals surface area contributed by atoms with E-state index in [-0.39, 0.29) is 34.8 Å². The van der Waals surface area contributed by atoms with Crippen LogP contribution in [0.2, 0.25) is 0 Å². The first-order valence-corrected chi connectivity index (χ1v) is 9.49. The van der Waals surface area contributed by atoms with E-state index in [0.29, 0.717) is 18.4 Å². The highest BCUT2D eigenvalue weighted by Gasteiger charge is 2.31. The molecule has 0 fully saturated rings. The number of halogens is 4. The zero-order chi connectivity index (χ0) is 22.6. The van der Waals surface area contributed by atoms with Crippen LogP contribution in [0.15, 0.2) is 65.8 Å². The molecule has 0 saturated carbocycles. The Labute approximate surface area is 176 Å². The number of hydrogen-bond acceptors (Lipinski definition) is 3. The molecule has 0 aliphatic heterocycles. The molecule has 1 aromatic carbocycles. The van der Waals surface area contributed by atoms with E-state index >= 15 is 0 Å². The molecule has 0 spiro atoms. The lowest BCUT2D eigenvalue weighted by Crippen LogP contribution is -2.16. The minimum Gasteiger partial charge on any atom is -0.366 e. The van der Waals surface area contributed by atoms with Crippen molar-refractivity contribution in [1.82, 2.24) is 14.8 Å². The number of primary amides is 1. The molecule has 9 heteroatoms. The van der Waals surface area contributed by atoms with Crippen LogP contribution in [0.5, 0.6) is 0 Å². The first kappa shape index (κ1) is 22.2. The molecular weight excluding hydrogens is 412 g/mol. The number of alkyl halides is 3. The van der Waals surface area contributed by atoms with Gasteiger partial charge in [-0.25, -0.2) is 14.1 Å². The molecule has 0 unspecified atom stereocenters. The highest BCUT2D eigenvalue weighted by Crippen LogP contribution is 2.32. The number of carbonyl (C=O) groups excluding carboxylic acids is 1. The quantitative estimate of drug-likeness (QED) is 0.538. The fourth-order valence-corrected chi connectivity index (χ4v) is 3.07. The van der Waals surface area contributed by atoms with E-state index in [2.05, 4.69) is 10.1 Å². The summed E-state index contributed by atoms with van der Waals surface area (Å²) in [5, 5.41) is 4.14. The summed E-state index contributed by atoms with van der Waals surface area (Å²) in [6.45, 7) is 1.54. The van der Waals surface area contributed by atoms with Gasteiger partial charge in [0.1, 0.15) is 12.2 Å². The summed E-state index contributed by atoms with van der Waals surface area (Å²) in [4.78, 5) is 16.1. The molecular formula is C22H20F4N4O. The third-order valence-electron chi connectivity index (χ3n) is 4.52. The van der Waals surface area contributed by atoms with Gasteiger partial charge in [0.15, 0.2) is 5.82 Å². The Morgan fingerprint density at radius 2 is 2.03 bits per heavy atom. The Morgan fingerprint density at radius 3 is 2.74 bits per heavy atom. The van der Waals surface area contributed by atoms with E-state index < -0.39 is 17.6 Å². The van der Waals surface area contributed by atoms with Crippen molar-refractivity contribution < 1.29 is 22.4 Å². The molecule has 0 bridgehead atoms. The first-order valence-electron chi connectivity index (χ1n) is 9.49. The molecule has 2 aromatic rings. The summed E-state index contributed by atoms with van der Waals surface area (Å²) < 4.78 is 54.6. The van der Waals surface area contributed by atoms with Gasteiger partial charge in [0.2, 0.25) is 0 Å². The molecule has 3 rings (SSSR count). The SMILES string of the molecule is Cc1cc(-c2ncn(\C=C(C(N)=O)/C3=C/C=C\CCCC(F)=C3)n2)cc(C(F)(F)F)c1. The molecule has 1 aliphatic rings. The summed E-state index contributed by atoms with van der Waals surface area (Å²) in [6, 6.07) is 3.51. The van der Waals surface area contributed by atoms with Crippen LogP contribution in [0.4, 0.5) is 17.6 Å². The molecule has 31 heavy (non-hydrogen) atoms. The molecule has 1 amide bonds. The fourth-order valence-electron chi connectivity index (χ4n) is 3.07. The minimum atomic E-state index is -4.50. The van der Waals surface area contributed by atoms with Crippen molar-refractivity contribution in [1.29, 1.82) is 0 Å². The van der Waals surface area contributed by atoms with Crippen molar-refractivity contribution in [2.75, 3.05) is 0 Å². The topological polar surface area (TPSA) is 73.8 Å². The van der Waals surface area contributed by atoms with Gasteiger partial charge in [-0.3, -0.25) is 4.79 Å². The van der Waals surface area contributed by atoms with Crippen molar-refractivity contribution in [2.45, 2.75) is 32.4 Å². The van der Waals surface area contributed by atoms with Crippen molar-refractivity contribution in [2.24, 2.45) is 5.73 Å². The molecule has 5 nitrogen and oxygen atoms in total. The van der Waals surface area contributed by atoms with Crippen LogP contribution in [0.25, 0.3) is 17.6 Å². The van der Waals surface area contributed by atoms with Gasteiger partial charge < -0.3 is 5.73 Å². The van der Waals surface area contributed by atoms with Gasteiger partial charge in [-0.1, -0.05) is 18.2 Å². The summed E-state index contributed by atoms with van der Waals surface area (Å²) in [5.74, 6) is -1.16. The summed E-state index contributed by atoms with van der Waals surface area (Å²) >= 11 is 0. The van der Waals surface area contributed by atoms with Gasteiger partial charge in [0.25, 0.3) is 5.91 Å². The molecule has 162 valence electrons. The smallest absolute Gasteiger partial charge is 0.366 e. The average molecular weight is 432 g/mol. The van der Waals surface area contributed by atoms with E-state index in [9.17, 15) is 22.4 Å². The molecule has 0 atom stereocenters. The van der Waals surface area contributed by atoms with Crippen molar-refractivity contribution in [3.05, 3.63) is 76.9 Å². The van der Waals surface area contributed by atoms with E-state index in [4.69, 9.17) is 5.73 Å². The summed E-state index contributed by atoms with van der Waals surface area (Å²) in [6.07, 6.45) is 5.93. The van der Waals surface area contributed by atoms with Crippen LogP contribution < -0.4 is 5.73 Å². The second kappa shape index (κ2) is 9.11.